The van der Waals surface area contributed by atoms with Crippen molar-refractivity contribution in [1.29, 1.82) is 0 Å². The Hall–Kier alpha value is -6.65. The second kappa shape index (κ2) is 16.8. The van der Waals surface area contributed by atoms with Crippen LogP contribution in [0.4, 0.5) is 0 Å². The third-order valence-corrected chi connectivity index (χ3v) is 9.44. The summed E-state index contributed by atoms with van der Waals surface area (Å²) in [6.07, 6.45) is 3.26. The number of rotatable bonds is 7. The van der Waals surface area contributed by atoms with E-state index in [-0.39, 0.29) is 20.1 Å². The number of furan rings is 1. The van der Waals surface area contributed by atoms with E-state index in [1.807, 2.05) is 103 Å². The van der Waals surface area contributed by atoms with Crippen molar-refractivity contribution in [1.82, 2.24) is 14.5 Å². The molecular weight excluding hydrogens is 863 g/mol. The van der Waals surface area contributed by atoms with Gasteiger partial charge in [0.2, 0.25) is 0 Å². The Bertz CT molecular complexity index is 2820. The van der Waals surface area contributed by atoms with Crippen LogP contribution in [0.25, 0.3) is 72.6 Å². The van der Waals surface area contributed by atoms with Gasteiger partial charge in [0.15, 0.2) is 0 Å². The SMILES string of the molecule is [2H]C([2H])(c1ccccc1)c1ccc2c(-c3nc4ccccc4n3-c3c(-c4ccccc4)cccc3-c3ccccc3)[c-]oc2c1.[Ir].[c-]1ccccc1-c1ccccn1. The molecule has 0 aliphatic carbocycles. The Morgan fingerprint density at radius 1 is 0.607 bits per heavy atom. The number of hydrogen-bond donors (Lipinski definition) is 0. The molecule has 0 N–H and O–H groups in total. The van der Waals surface area contributed by atoms with Crippen molar-refractivity contribution >= 4 is 22.0 Å². The van der Waals surface area contributed by atoms with Crippen LogP contribution in [0.2, 0.25) is 0 Å². The summed E-state index contributed by atoms with van der Waals surface area (Å²) >= 11 is 0. The zero-order chi connectivity index (χ0) is 38.6. The molecule has 1 radical (unpaired) electrons. The largest absolute Gasteiger partial charge is 0.557 e. The molecule has 7 aromatic carbocycles. The molecule has 0 unspecified atom stereocenters. The molecule has 0 saturated carbocycles. The van der Waals surface area contributed by atoms with Crippen molar-refractivity contribution in [3.63, 3.8) is 0 Å². The molecule has 0 atom stereocenters. The van der Waals surface area contributed by atoms with Gasteiger partial charge in [-0.3, -0.25) is 4.98 Å². The third kappa shape index (κ3) is 7.51. The number of hydrogen-bond acceptors (Lipinski definition) is 3. The van der Waals surface area contributed by atoms with E-state index in [0.29, 0.717) is 22.5 Å². The number of aromatic nitrogens is 3. The Morgan fingerprint density at radius 3 is 1.95 bits per heavy atom. The Balaban J connectivity index is 0.000000309. The van der Waals surface area contributed by atoms with Crippen molar-refractivity contribution in [3.8, 4) is 50.6 Å². The summed E-state index contributed by atoms with van der Waals surface area (Å²) in [4.78, 5) is 9.39. The number of imidazole rings is 1. The standard InChI is InChI=1S/C40H27N2O.C11H8N.Ir/c1-4-13-28(14-5-1)25-29-23-24-34-35(27-43-38(34)26-29)40-41-36-21-10-11-22-37(36)42(40)39-32(30-15-6-2-7-16-30)19-12-20-33(39)31-17-8-3-9-18-31;1-2-6-10(7-3-1)11-8-4-5-9-12-11;/h1-24,26H,25H2;1-6,8-9H;/q2*-1;/i25D2;;. The van der Waals surface area contributed by atoms with Gasteiger partial charge in [-0.1, -0.05) is 162 Å². The fourth-order valence-electron chi connectivity index (χ4n) is 6.89. The topological polar surface area (TPSA) is 43.9 Å². The summed E-state index contributed by atoms with van der Waals surface area (Å²) in [5.41, 5.74) is 11.6. The molecule has 0 aliphatic rings. The minimum Gasteiger partial charge on any atom is -0.557 e. The van der Waals surface area contributed by atoms with Crippen LogP contribution in [-0.4, -0.2) is 14.5 Å². The number of nitrogens with zero attached hydrogens (tertiary/aromatic N) is 3. The van der Waals surface area contributed by atoms with E-state index in [2.05, 4.69) is 94.7 Å². The number of benzene rings is 7. The maximum absolute atomic E-state index is 8.88. The van der Waals surface area contributed by atoms with E-state index in [1.165, 1.54) is 0 Å². The third-order valence-electron chi connectivity index (χ3n) is 9.44. The summed E-state index contributed by atoms with van der Waals surface area (Å²) < 4.78 is 26.0. The molecule has 56 heavy (non-hydrogen) atoms. The minimum atomic E-state index is -1.69. The Morgan fingerprint density at radius 2 is 1.27 bits per heavy atom. The molecule has 3 aromatic heterocycles. The van der Waals surface area contributed by atoms with Crippen LogP contribution >= 0.6 is 0 Å². The van der Waals surface area contributed by atoms with Gasteiger partial charge in [0, 0.05) is 52.0 Å². The van der Waals surface area contributed by atoms with Crippen molar-refractivity contribution in [2.24, 2.45) is 0 Å². The smallest absolute Gasteiger partial charge is 0.0774 e. The van der Waals surface area contributed by atoms with Crippen LogP contribution in [-0.2, 0) is 26.5 Å². The van der Waals surface area contributed by atoms with Gasteiger partial charge in [0.05, 0.1) is 22.5 Å². The van der Waals surface area contributed by atoms with E-state index in [0.717, 1.165) is 61.2 Å². The molecule has 4 nitrogen and oxygen atoms in total. The molecule has 10 rings (SSSR count). The monoisotopic (exact) mass is 900 g/mol. The molecule has 0 fully saturated rings. The first-order valence-corrected chi connectivity index (χ1v) is 18.2. The van der Waals surface area contributed by atoms with Crippen molar-refractivity contribution in [3.05, 3.63) is 224 Å². The van der Waals surface area contributed by atoms with Crippen LogP contribution in [0.5, 0.6) is 0 Å². The second-order valence-electron chi connectivity index (χ2n) is 13.0. The first-order chi connectivity index (χ1) is 28.1. The fourth-order valence-corrected chi connectivity index (χ4v) is 6.89. The average Bonchev–Trinajstić information content (AvgIpc) is 3.89. The van der Waals surface area contributed by atoms with Crippen LogP contribution in [0.1, 0.15) is 13.9 Å². The maximum atomic E-state index is 8.88. The van der Waals surface area contributed by atoms with Gasteiger partial charge in [-0.2, -0.15) is 0 Å². The summed E-state index contributed by atoms with van der Waals surface area (Å²) in [5, 5.41) is 0.817. The van der Waals surface area contributed by atoms with E-state index in [1.54, 1.807) is 24.4 Å². The first kappa shape index (κ1) is 33.9. The molecule has 5 heteroatoms. The second-order valence-corrected chi connectivity index (χ2v) is 13.0. The normalized spacial score (nSPS) is 11.6. The molecule has 0 spiro atoms. The van der Waals surface area contributed by atoms with Crippen molar-refractivity contribution < 1.29 is 27.3 Å². The summed E-state index contributed by atoms with van der Waals surface area (Å²) in [7, 11) is 0. The first-order valence-electron chi connectivity index (χ1n) is 19.2. The summed E-state index contributed by atoms with van der Waals surface area (Å²) in [6.45, 7) is 0. The van der Waals surface area contributed by atoms with Gasteiger partial charge in [0.25, 0.3) is 0 Å². The van der Waals surface area contributed by atoms with Gasteiger partial charge in [-0.25, -0.2) is 0 Å². The van der Waals surface area contributed by atoms with E-state index in [9.17, 15) is 0 Å². The van der Waals surface area contributed by atoms with E-state index >= 15 is 0 Å². The minimum absolute atomic E-state index is 0. The molecule has 271 valence electrons. The number of pyridine rings is 1. The van der Waals surface area contributed by atoms with Gasteiger partial charge < -0.3 is 14.0 Å². The molecule has 0 aliphatic heterocycles. The van der Waals surface area contributed by atoms with Gasteiger partial charge in [-0.15, -0.1) is 42.0 Å². The van der Waals surface area contributed by atoms with Crippen LogP contribution < -0.4 is 0 Å². The Kier molecular flexibility index (Phi) is 10.2. The quantitative estimate of drug-likeness (QED) is 0.150. The van der Waals surface area contributed by atoms with Crippen LogP contribution in [0.3, 0.4) is 0 Å². The molecule has 0 saturated heterocycles. The number of para-hydroxylation sites is 3. The van der Waals surface area contributed by atoms with Gasteiger partial charge in [0.1, 0.15) is 0 Å². The molecular formula is C51H35IrN3O-2. The Labute approximate surface area is 343 Å². The van der Waals surface area contributed by atoms with Crippen LogP contribution in [0, 0.1) is 12.3 Å². The zero-order valence-corrected chi connectivity index (χ0v) is 32.5. The molecule has 0 bridgehead atoms. The summed E-state index contributed by atoms with van der Waals surface area (Å²) in [5.74, 6) is 0.703. The maximum Gasteiger partial charge on any atom is 0.0774 e. The fraction of sp³-hybridized carbons (Fsp3) is 0.0196. The van der Waals surface area contributed by atoms with Gasteiger partial charge in [-0.05, 0) is 47.0 Å². The molecule has 3 heterocycles. The number of fused-ring (bicyclic) bond motifs is 2. The predicted octanol–water partition coefficient (Wildman–Crippen LogP) is 12.7. The molecule has 10 aromatic rings. The van der Waals surface area contributed by atoms with Gasteiger partial charge >= 0.3 is 0 Å². The summed E-state index contributed by atoms with van der Waals surface area (Å²) in [6, 6.07) is 67.0. The van der Waals surface area contributed by atoms with Crippen molar-refractivity contribution in [2.75, 3.05) is 0 Å². The predicted molar refractivity (Wildman–Crippen MR) is 224 cm³/mol. The zero-order valence-electron chi connectivity index (χ0n) is 32.1. The van der Waals surface area contributed by atoms with Crippen molar-refractivity contribution in [2.45, 2.75) is 6.37 Å². The average molecular weight is 900 g/mol. The molecule has 0 amide bonds. The van der Waals surface area contributed by atoms with E-state index < -0.39 is 6.37 Å². The van der Waals surface area contributed by atoms with E-state index in [4.69, 9.17) is 12.1 Å². The van der Waals surface area contributed by atoms with Crippen LogP contribution in [0.15, 0.2) is 205 Å².